The third kappa shape index (κ3) is 3.15. The lowest BCUT2D eigenvalue weighted by Crippen LogP contribution is -2.11. The van der Waals surface area contributed by atoms with E-state index in [2.05, 4.69) is 38.0 Å². The van der Waals surface area contributed by atoms with Crippen molar-refractivity contribution in [2.24, 2.45) is 0 Å². The van der Waals surface area contributed by atoms with Gasteiger partial charge < -0.3 is 5.11 Å². The maximum Gasteiger partial charge on any atom is 0.339 e. The van der Waals surface area contributed by atoms with Crippen molar-refractivity contribution in [3.05, 3.63) is 47.3 Å². The average Bonchev–Trinajstić information content (AvgIpc) is 2.82. The van der Waals surface area contributed by atoms with Gasteiger partial charge >= 0.3 is 5.97 Å². The third-order valence-corrected chi connectivity index (χ3v) is 3.56. The predicted octanol–water partition coefficient (Wildman–Crippen LogP) is 3.82. The van der Waals surface area contributed by atoms with E-state index in [0.717, 1.165) is 17.8 Å². The minimum atomic E-state index is -0.920. The summed E-state index contributed by atoms with van der Waals surface area (Å²) in [6.45, 7) is 8.54. The molecule has 4 nitrogen and oxygen atoms in total. The van der Waals surface area contributed by atoms with Gasteiger partial charge in [-0.25, -0.2) is 9.48 Å². The molecule has 0 aliphatic carbocycles. The van der Waals surface area contributed by atoms with Crippen molar-refractivity contribution in [3.8, 4) is 5.69 Å². The summed E-state index contributed by atoms with van der Waals surface area (Å²) in [4.78, 5) is 11.3. The first-order valence-electron chi connectivity index (χ1n) is 7.25. The van der Waals surface area contributed by atoms with Crippen LogP contribution in [0.1, 0.15) is 55.7 Å². The zero-order chi connectivity index (χ0) is 15.6. The highest BCUT2D eigenvalue weighted by molar-refractivity contribution is 5.88. The quantitative estimate of drug-likeness (QED) is 0.929. The molecule has 0 saturated carbocycles. The molecule has 2 rings (SSSR count). The summed E-state index contributed by atoms with van der Waals surface area (Å²) in [5.74, 6) is -0.920. The van der Waals surface area contributed by atoms with Gasteiger partial charge in [0.15, 0.2) is 0 Å². The Morgan fingerprint density at radius 2 is 1.86 bits per heavy atom. The molecular weight excluding hydrogens is 264 g/mol. The number of aromatic carboxylic acids is 1. The van der Waals surface area contributed by atoms with Crippen molar-refractivity contribution >= 4 is 5.97 Å². The van der Waals surface area contributed by atoms with Crippen molar-refractivity contribution in [1.82, 2.24) is 9.78 Å². The summed E-state index contributed by atoms with van der Waals surface area (Å²) >= 11 is 0. The number of carbonyl (C=O) groups is 1. The molecule has 2 aromatic rings. The Kier molecular flexibility index (Phi) is 4.16. The Bertz CT molecular complexity index is 634. The van der Waals surface area contributed by atoms with Crippen LogP contribution in [-0.4, -0.2) is 20.9 Å². The molecule has 0 saturated heterocycles. The summed E-state index contributed by atoms with van der Waals surface area (Å²) in [6, 6.07) is 8.15. The van der Waals surface area contributed by atoms with Gasteiger partial charge in [-0.05, 0) is 29.5 Å². The molecule has 0 radical (unpaired) electrons. The molecule has 1 aromatic heterocycles. The molecule has 4 heteroatoms. The van der Waals surface area contributed by atoms with Crippen LogP contribution >= 0.6 is 0 Å². The highest BCUT2D eigenvalue weighted by Crippen LogP contribution is 2.24. The SMILES string of the molecule is CCCc1c(C(=O)O)cnn1-c1ccc(C(C)(C)C)cc1. The van der Waals surface area contributed by atoms with Crippen molar-refractivity contribution in [2.45, 2.75) is 46.0 Å². The molecule has 1 aromatic carbocycles. The maximum absolute atomic E-state index is 11.3. The van der Waals surface area contributed by atoms with Gasteiger partial charge in [-0.15, -0.1) is 0 Å². The second kappa shape index (κ2) is 5.72. The van der Waals surface area contributed by atoms with E-state index >= 15 is 0 Å². The van der Waals surface area contributed by atoms with Gasteiger partial charge in [0.05, 0.1) is 17.6 Å². The summed E-state index contributed by atoms with van der Waals surface area (Å²) in [7, 11) is 0. The lowest BCUT2D eigenvalue weighted by molar-refractivity contribution is 0.0695. The predicted molar refractivity (Wildman–Crippen MR) is 83.2 cm³/mol. The highest BCUT2D eigenvalue weighted by atomic mass is 16.4. The monoisotopic (exact) mass is 286 g/mol. The molecule has 0 unspecified atom stereocenters. The molecule has 112 valence electrons. The molecule has 0 fully saturated rings. The summed E-state index contributed by atoms with van der Waals surface area (Å²) in [5, 5.41) is 13.5. The van der Waals surface area contributed by atoms with Crippen molar-refractivity contribution < 1.29 is 9.90 Å². The second-order valence-corrected chi connectivity index (χ2v) is 6.27. The standard InChI is InChI=1S/C17H22N2O2/c1-5-6-15-14(16(20)21)11-18-19(15)13-9-7-12(8-10-13)17(2,3)4/h7-11H,5-6H2,1-4H3,(H,20,21). The Balaban J connectivity index is 2.44. The van der Waals surface area contributed by atoms with Gasteiger partial charge in [0, 0.05) is 0 Å². The number of benzene rings is 1. The zero-order valence-corrected chi connectivity index (χ0v) is 13.1. The molecule has 0 bridgehead atoms. The fraction of sp³-hybridized carbons (Fsp3) is 0.412. The Labute approximate surface area is 125 Å². The van der Waals surface area contributed by atoms with E-state index in [0.29, 0.717) is 6.42 Å². The van der Waals surface area contributed by atoms with E-state index < -0.39 is 5.97 Å². The molecule has 1 heterocycles. The largest absolute Gasteiger partial charge is 0.478 e. The van der Waals surface area contributed by atoms with Gasteiger partial charge in [0.2, 0.25) is 0 Å². The minimum absolute atomic E-state index is 0.0983. The Morgan fingerprint density at radius 3 is 2.33 bits per heavy atom. The Hall–Kier alpha value is -2.10. The number of hydrogen-bond acceptors (Lipinski definition) is 2. The fourth-order valence-electron chi connectivity index (χ4n) is 2.35. The molecule has 0 amide bonds. The van der Waals surface area contributed by atoms with Crippen molar-refractivity contribution in [2.75, 3.05) is 0 Å². The minimum Gasteiger partial charge on any atom is -0.478 e. The van der Waals surface area contributed by atoms with Crippen LogP contribution in [0.5, 0.6) is 0 Å². The molecule has 1 N–H and O–H groups in total. The highest BCUT2D eigenvalue weighted by Gasteiger charge is 2.18. The van der Waals surface area contributed by atoms with Gasteiger partial charge in [-0.1, -0.05) is 46.2 Å². The number of aromatic nitrogens is 2. The first kappa shape index (κ1) is 15.3. The van der Waals surface area contributed by atoms with E-state index in [1.165, 1.54) is 11.8 Å². The number of rotatable bonds is 4. The van der Waals surface area contributed by atoms with E-state index in [1.807, 2.05) is 19.1 Å². The Morgan fingerprint density at radius 1 is 1.24 bits per heavy atom. The van der Waals surface area contributed by atoms with Crippen molar-refractivity contribution in [3.63, 3.8) is 0 Å². The van der Waals surface area contributed by atoms with Crippen LogP contribution in [-0.2, 0) is 11.8 Å². The van der Waals surface area contributed by atoms with Gasteiger partial charge in [-0.2, -0.15) is 5.10 Å². The third-order valence-electron chi connectivity index (χ3n) is 3.56. The molecule has 0 aliphatic rings. The van der Waals surface area contributed by atoms with Crippen LogP contribution in [0.25, 0.3) is 5.69 Å². The first-order valence-corrected chi connectivity index (χ1v) is 7.25. The van der Waals surface area contributed by atoms with E-state index in [-0.39, 0.29) is 11.0 Å². The van der Waals surface area contributed by atoms with Gasteiger partial charge in [0.25, 0.3) is 0 Å². The topological polar surface area (TPSA) is 55.1 Å². The number of hydrogen-bond donors (Lipinski definition) is 1. The van der Waals surface area contributed by atoms with Gasteiger partial charge in [0.1, 0.15) is 5.56 Å². The normalized spacial score (nSPS) is 11.6. The lowest BCUT2D eigenvalue weighted by atomic mass is 9.87. The van der Waals surface area contributed by atoms with E-state index in [1.54, 1.807) is 4.68 Å². The smallest absolute Gasteiger partial charge is 0.339 e. The number of nitrogens with zero attached hydrogens (tertiary/aromatic N) is 2. The summed E-state index contributed by atoms with van der Waals surface area (Å²) in [6.07, 6.45) is 3.01. The van der Waals surface area contributed by atoms with E-state index in [4.69, 9.17) is 0 Å². The summed E-state index contributed by atoms with van der Waals surface area (Å²) in [5.41, 5.74) is 3.29. The summed E-state index contributed by atoms with van der Waals surface area (Å²) < 4.78 is 1.74. The van der Waals surface area contributed by atoms with Crippen LogP contribution in [0.4, 0.5) is 0 Å². The lowest BCUT2D eigenvalue weighted by Gasteiger charge is -2.19. The maximum atomic E-state index is 11.3. The fourth-order valence-corrected chi connectivity index (χ4v) is 2.35. The van der Waals surface area contributed by atoms with Crippen LogP contribution < -0.4 is 0 Å². The first-order chi connectivity index (χ1) is 9.84. The van der Waals surface area contributed by atoms with E-state index in [9.17, 15) is 9.90 Å². The second-order valence-electron chi connectivity index (χ2n) is 6.27. The number of carboxylic acids is 1. The zero-order valence-electron chi connectivity index (χ0n) is 13.1. The molecule has 0 aliphatic heterocycles. The molecule has 0 spiro atoms. The number of carboxylic acid groups (broad SMARTS) is 1. The van der Waals surface area contributed by atoms with Crippen LogP contribution in [0, 0.1) is 0 Å². The molecular formula is C17H22N2O2. The molecule has 0 atom stereocenters. The van der Waals surface area contributed by atoms with Crippen LogP contribution in [0.3, 0.4) is 0 Å². The average molecular weight is 286 g/mol. The molecule has 21 heavy (non-hydrogen) atoms. The van der Waals surface area contributed by atoms with Crippen molar-refractivity contribution in [1.29, 1.82) is 0 Å². The van der Waals surface area contributed by atoms with Crippen LogP contribution in [0.15, 0.2) is 30.5 Å². The van der Waals surface area contributed by atoms with Gasteiger partial charge in [-0.3, -0.25) is 0 Å². The van der Waals surface area contributed by atoms with Crippen LogP contribution in [0.2, 0.25) is 0 Å².